The molecule has 102 valence electrons. The monoisotopic (exact) mass is 267 g/mol. The molecule has 0 aliphatic rings. The van der Waals surface area contributed by atoms with Crippen molar-refractivity contribution in [1.82, 2.24) is 4.72 Å². The predicted molar refractivity (Wildman–Crippen MR) is 64.3 cm³/mol. The van der Waals surface area contributed by atoms with Crippen molar-refractivity contribution in [3.05, 3.63) is 0 Å². The van der Waals surface area contributed by atoms with E-state index in [2.05, 4.69) is 9.46 Å². The Morgan fingerprint density at radius 3 is 2.29 bits per heavy atom. The Morgan fingerprint density at radius 2 is 1.94 bits per heavy atom. The second kappa shape index (κ2) is 6.32. The first-order valence-corrected chi connectivity index (χ1v) is 6.95. The number of aliphatic carboxylic acids is 1. The van der Waals surface area contributed by atoms with Gasteiger partial charge < -0.3 is 9.84 Å². The van der Waals surface area contributed by atoms with Crippen molar-refractivity contribution in [2.45, 2.75) is 33.3 Å². The first kappa shape index (κ1) is 16.3. The quantitative estimate of drug-likeness (QED) is 0.698. The number of carbonyl (C=O) groups is 1. The van der Waals surface area contributed by atoms with Gasteiger partial charge in [0.1, 0.15) is 0 Å². The molecule has 0 rings (SSSR count). The van der Waals surface area contributed by atoms with Crippen LogP contribution in [0.15, 0.2) is 0 Å². The van der Waals surface area contributed by atoms with Gasteiger partial charge in [-0.15, -0.1) is 0 Å². The van der Waals surface area contributed by atoms with Crippen LogP contribution in [-0.2, 0) is 19.6 Å². The molecule has 0 heterocycles. The minimum absolute atomic E-state index is 0.0213. The second-order valence-corrected chi connectivity index (χ2v) is 6.97. The normalized spacial score (nSPS) is 14.6. The highest BCUT2D eigenvalue weighted by Gasteiger charge is 2.21. The van der Waals surface area contributed by atoms with Gasteiger partial charge in [0.25, 0.3) is 0 Å². The molecule has 2 N–H and O–H groups in total. The highest BCUT2D eigenvalue weighted by atomic mass is 32.2. The van der Waals surface area contributed by atoms with Crippen LogP contribution in [0.3, 0.4) is 0 Å². The molecule has 1 atom stereocenters. The lowest BCUT2D eigenvalue weighted by Gasteiger charge is -2.18. The topological polar surface area (TPSA) is 92.7 Å². The number of ether oxygens (including phenoxy) is 1. The number of hydrogen-bond acceptors (Lipinski definition) is 4. The first-order chi connectivity index (χ1) is 7.57. The van der Waals surface area contributed by atoms with E-state index in [-0.39, 0.29) is 17.7 Å². The van der Waals surface area contributed by atoms with Crippen molar-refractivity contribution in [2.75, 3.05) is 19.4 Å². The van der Waals surface area contributed by atoms with Gasteiger partial charge in [-0.05, 0) is 11.8 Å². The Kier molecular flexibility index (Phi) is 6.08. The second-order valence-electron chi connectivity index (χ2n) is 5.04. The lowest BCUT2D eigenvalue weighted by molar-refractivity contribution is -0.147. The molecule has 0 spiro atoms. The maximum absolute atomic E-state index is 11.6. The highest BCUT2D eigenvalue weighted by molar-refractivity contribution is 7.89. The summed E-state index contributed by atoms with van der Waals surface area (Å²) in [5, 5.41) is 8.67. The van der Waals surface area contributed by atoms with Crippen LogP contribution in [0, 0.1) is 5.41 Å². The van der Waals surface area contributed by atoms with E-state index in [1.165, 1.54) is 7.11 Å². The number of hydrogen-bond donors (Lipinski definition) is 2. The van der Waals surface area contributed by atoms with E-state index >= 15 is 0 Å². The minimum Gasteiger partial charge on any atom is -0.479 e. The summed E-state index contributed by atoms with van der Waals surface area (Å²) in [5.74, 6) is -1.21. The molecule has 0 aromatic heterocycles. The number of rotatable bonds is 7. The van der Waals surface area contributed by atoms with Gasteiger partial charge in [0, 0.05) is 13.7 Å². The van der Waals surface area contributed by atoms with Crippen molar-refractivity contribution in [3.63, 3.8) is 0 Å². The van der Waals surface area contributed by atoms with E-state index in [0.29, 0.717) is 6.42 Å². The summed E-state index contributed by atoms with van der Waals surface area (Å²) in [4.78, 5) is 10.6. The molecular formula is C10H21NO5S. The van der Waals surface area contributed by atoms with E-state index in [4.69, 9.17) is 5.11 Å². The fourth-order valence-corrected chi connectivity index (χ4v) is 2.42. The molecule has 0 aromatic rings. The van der Waals surface area contributed by atoms with Gasteiger partial charge in [0.15, 0.2) is 6.10 Å². The summed E-state index contributed by atoms with van der Waals surface area (Å²) in [7, 11) is -2.22. The minimum atomic E-state index is -3.45. The molecule has 0 bridgehead atoms. The van der Waals surface area contributed by atoms with Crippen LogP contribution in [0.2, 0.25) is 0 Å². The zero-order valence-corrected chi connectivity index (χ0v) is 11.5. The third kappa shape index (κ3) is 8.12. The molecule has 0 aromatic carbocycles. The number of carboxylic acid groups (broad SMARTS) is 1. The largest absolute Gasteiger partial charge is 0.479 e. The Labute approximate surface area is 102 Å². The Bertz CT molecular complexity index is 344. The van der Waals surface area contributed by atoms with Crippen LogP contribution in [0.1, 0.15) is 27.2 Å². The zero-order valence-electron chi connectivity index (χ0n) is 10.7. The van der Waals surface area contributed by atoms with Gasteiger partial charge >= 0.3 is 5.97 Å². The average Bonchev–Trinajstić information content (AvgIpc) is 2.14. The maximum atomic E-state index is 11.6. The van der Waals surface area contributed by atoms with E-state index < -0.39 is 22.1 Å². The molecule has 7 heteroatoms. The van der Waals surface area contributed by atoms with Gasteiger partial charge in [0.05, 0.1) is 5.75 Å². The van der Waals surface area contributed by atoms with Gasteiger partial charge in [-0.1, -0.05) is 20.8 Å². The summed E-state index contributed by atoms with van der Waals surface area (Å²) in [5.41, 5.74) is -0.0811. The summed E-state index contributed by atoms with van der Waals surface area (Å²) in [6.07, 6.45) is -0.646. The molecular weight excluding hydrogens is 246 g/mol. The van der Waals surface area contributed by atoms with E-state index in [1.807, 2.05) is 20.8 Å². The van der Waals surface area contributed by atoms with E-state index in [9.17, 15) is 13.2 Å². The summed E-state index contributed by atoms with van der Waals surface area (Å²) in [6, 6.07) is 0. The third-order valence-corrected chi connectivity index (χ3v) is 3.52. The fourth-order valence-electron chi connectivity index (χ4n) is 0.987. The van der Waals surface area contributed by atoms with Gasteiger partial charge in [-0.2, -0.15) is 0 Å². The number of sulfonamides is 1. The van der Waals surface area contributed by atoms with E-state index in [1.54, 1.807) is 0 Å². The van der Waals surface area contributed by atoms with Crippen LogP contribution >= 0.6 is 0 Å². The molecule has 0 radical (unpaired) electrons. The molecule has 0 amide bonds. The SMILES string of the molecule is COC(CNS(=O)(=O)CCC(C)(C)C)C(=O)O. The smallest absolute Gasteiger partial charge is 0.334 e. The molecule has 6 nitrogen and oxygen atoms in total. The molecule has 0 aliphatic heterocycles. The van der Waals surface area contributed by atoms with Crippen LogP contribution in [0.25, 0.3) is 0 Å². The number of carboxylic acids is 1. The van der Waals surface area contributed by atoms with Crippen LogP contribution in [0.5, 0.6) is 0 Å². The predicted octanol–water partition coefficient (Wildman–Crippen LogP) is 0.442. The molecule has 1 unspecified atom stereocenters. The van der Waals surface area contributed by atoms with Crippen molar-refractivity contribution in [3.8, 4) is 0 Å². The van der Waals surface area contributed by atoms with Gasteiger partial charge in [-0.25, -0.2) is 17.9 Å². The van der Waals surface area contributed by atoms with Crippen molar-refractivity contribution in [1.29, 1.82) is 0 Å². The first-order valence-electron chi connectivity index (χ1n) is 5.30. The van der Waals surface area contributed by atoms with Crippen molar-refractivity contribution < 1.29 is 23.1 Å². The lowest BCUT2D eigenvalue weighted by atomic mass is 9.94. The average molecular weight is 267 g/mol. The summed E-state index contributed by atoms with van der Waals surface area (Å²) < 4.78 is 30.0. The highest BCUT2D eigenvalue weighted by Crippen LogP contribution is 2.18. The molecule has 0 saturated heterocycles. The molecule has 0 fully saturated rings. The van der Waals surface area contributed by atoms with E-state index in [0.717, 1.165) is 0 Å². The van der Waals surface area contributed by atoms with Crippen molar-refractivity contribution >= 4 is 16.0 Å². The van der Waals surface area contributed by atoms with Crippen LogP contribution < -0.4 is 4.72 Å². The van der Waals surface area contributed by atoms with Crippen molar-refractivity contribution in [2.24, 2.45) is 5.41 Å². The van der Waals surface area contributed by atoms with Crippen LogP contribution in [-0.4, -0.2) is 45.0 Å². The molecule has 0 aliphatic carbocycles. The zero-order chi connectivity index (χ0) is 13.7. The number of nitrogens with one attached hydrogen (secondary N) is 1. The number of methoxy groups -OCH3 is 1. The lowest BCUT2D eigenvalue weighted by Crippen LogP contribution is -2.39. The Balaban J connectivity index is 4.23. The summed E-state index contributed by atoms with van der Waals surface area (Å²) in [6.45, 7) is 5.57. The standard InChI is InChI=1S/C10H21NO5S/c1-10(2,3)5-6-17(14,15)11-7-8(16-4)9(12)13/h8,11H,5-7H2,1-4H3,(H,12,13). The third-order valence-electron chi connectivity index (χ3n) is 2.17. The molecule has 17 heavy (non-hydrogen) atoms. The molecule has 0 saturated carbocycles. The van der Waals surface area contributed by atoms with Gasteiger partial charge in [0.2, 0.25) is 10.0 Å². The van der Waals surface area contributed by atoms with Crippen LogP contribution in [0.4, 0.5) is 0 Å². The summed E-state index contributed by atoms with van der Waals surface area (Å²) >= 11 is 0. The van der Waals surface area contributed by atoms with Gasteiger partial charge in [-0.3, -0.25) is 0 Å². The Hall–Kier alpha value is -0.660. The fraction of sp³-hybridized carbons (Fsp3) is 0.900. The Morgan fingerprint density at radius 1 is 1.41 bits per heavy atom. The maximum Gasteiger partial charge on any atom is 0.334 e.